The van der Waals surface area contributed by atoms with Gasteiger partial charge in [0, 0.05) is 49.7 Å². The lowest BCUT2D eigenvalue weighted by molar-refractivity contribution is 0.0237. The topological polar surface area (TPSA) is 23.6 Å². The maximum Gasteiger partial charge on any atom is 0.163 e. The number of benzene rings is 2. The van der Waals surface area contributed by atoms with E-state index < -0.39 is 6.30 Å². The molecule has 2 aromatic rings. The fourth-order valence-electron chi connectivity index (χ4n) is 3.30. The molecule has 1 aliphatic heterocycles. The Balaban J connectivity index is 1.42. The van der Waals surface area contributed by atoms with Gasteiger partial charge in [-0.15, -0.1) is 0 Å². The molecule has 0 bridgehead atoms. The second-order valence-corrected chi connectivity index (χ2v) is 7.14. The number of carbonyl (C=O) groups is 1. The molecule has 138 valence electrons. The van der Waals surface area contributed by atoms with Crippen LogP contribution in [-0.2, 0) is 6.54 Å². The van der Waals surface area contributed by atoms with Gasteiger partial charge in [-0.1, -0.05) is 54.1 Å². The highest BCUT2D eigenvalue weighted by molar-refractivity contribution is 6.30. The van der Waals surface area contributed by atoms with E-state index in [1.807, 2.05) is 41.3 Å². The molecule has 1 heterocycles. The van der Waals surface area contributed by atoms with E-state index in [0.29, 0.717) is 18.7 Å². The number of Topliss-reactive ketones (excluding diaryl/α,β-unsaturated/α-hetero) is 1. The smallest absolute Gasteiger partial charge is 0.163 e. The largest absolute Gasteiger partial charge is 0.297 e. The van der Waals surface area contributed by atoms with E-state index in [2.05, 4.69) is 11.0 Å². The van der Waals surface area contributed by atoms with Crippen LogP contribution in [0.5, 0.6) is 0 Å². The van der Waals surface area contributed by atoms with Crippen molar-refractivity contribution in [1.82, 2.24) is 9.80 Å². The van der Waals surface area contributed by atoms with Gasteiger partial charge in [-0.05, 0) is 24.1 Å². The number of alkyl halides is 1. The molecule has 0 aliphatic carbocycles. The van der Waals surface area contributed by atoms with Crippen LogP contribution < -0.4 is 0 Å². The van der Waals surface area contributed by atoms with Crippen LogP contribution in [0, 0.1) is 0 Å². The summed E-state index contributed by atoms with van der Waals surface area (Å²) in [5.74, 6) is 0.00726. The Morgan fingerprint density at radius 1 is 1.04 bits per heavy atom. The first-order valence-corrected chi connectivity index (χ1v) is 9.43. The van der Waals surface area contributed by atoms with Crippen molar-refractivity contribution < 1.29 is 9.18 Å². The lowest BCUT2D eigenvalue weighted by Gasteiger charge is -2.36. The van der Waals surface area contributed by atoms with Crippen LogP contribution in [0.2, 0.25) is 5.02 Å². The van der Waals surface area contributed by atoms with Gasteiger partial charge in [0.1, 0.15) is 0 Å². The van der Waals surface area contributed by atoms with Crippen LogP contribution in [0.4, 0.5) is 4.39 Å². The fourth-order valence-corrected chi connectivity index (χ4v) is 3.51. The lowest BCUT2D eigenvalue weighted by atomic mass is 10.1. The molecule has 0 N–H and O–H groups in total. The van der Waals surface area contributed by atoms with E-state index in [4.69, 9.17) is 11.6 Å². The van der Waals surface area contributed by atoms with Gasteiger partial charge >= 0.3 is 0 Å². The summed E-state index contributed by atoms with van der Waals surface area (Å²) >= 11 is 6.03. The number of rotatable bonds is 7. The first-order chi connectivity index (χ1) is 12.6. The van der Waals surface area contributed by atoms with Crippen molar-refractivity contribution in [2.24, 2.45) is 0 Å². The van der Waals surface area contributed by atoms with Crippen LogP contribution in [0.15, 0.2) is 54.6 Å². The van der Waals surface area contributed by atoms with E-state index in [1.165, 1.54) is 5.56 Å². The average molecular weight is 375 g/mol. The zero-order valence-corrected chi connectivity index (χ0v) is 15.5. The second kappa shape index (κ2) is 9.26. The summed E-state index contributed by atoms with van der Waals surface area (Å²) in [7, 11) is 0. The summed E-state index contributed by atoms with van der Waals surface area (Å²) in [4.78, 5) is 16.3. The van der Waals surface area contributed by atoms with Crippen molar-refractivity contribution in [3.8, 4) is 0 Å². The third-order valence-electron chi connectivity index (χ3n) is 4.80. The maximum absolute atomic E-state index is 14.5. The number of ketones is 1. The van der Waals surface area contributed by atoms with Gasteiger partial charge in [0.25, 0.3) is 0 Å². The lowest BCUT2D eigenvalue weighted by Crippen LogP contribution is -2.48. The summed E-state index contributed by atoms with van der Waals surface area (Å²) in [6.45, 7) is 3.83. The Morgan fingerprint density at radius 2 is 1.77 bits per heavy atom. The SMILES string of the molecule is O=C(CCC(F)N1CCN(Cc2cccc(Cl)c2)CC1)c1ccccc1. The van der Waals surface area contributed by atoms with Crippen molar-refractivity contribution >= 4 is 17.4 Å². The van der Waals surface area contributed by atoms with Gasteiger partial charge in [-0.25, -0.2) is 4.39 Å². The number of piperazine rings is 1. The molecular formula is C21H24ClFN2O. The summed E-state index contributed by atoms with van der Waals surface area (Å²) < 4.78 is 14.5. The predicted molar refractivity (Wildman–Crippen MR) is 103 cm³/mol. The summed E-state index contributed by atoms with van der Waals surface area (Å²) in [5, 5.41) is 0.744. The van der Waals surface area contributed by atoms with Gasteiger partial charge in [-0.2, -0.15) is 0 Å². The van der Waals surface area contributed by atoms with Crippen molar-refractivity contribution in [2.45, 2.75) is 25.7 Å². The predicted octanol–water partition coefficient (Wildman–Crippen LogP) is 4.42. The Labute approximate surface area is 159 Å². The zero-order valence-electron chi connectivity index (χ0n) is 14.8. The zero-order chi connectivity index (χ0) is 18.4. The van der Waals surface area contributed by atoms with E-state index in [9.17, 15) is 9.18 Å². The molecular weight excluding hydrogens is 351 g/mol. The molecule has 3 nitrogen and oxygen atoms in total. The third kappa shape index (κ3) is 5.37. The Bertz CT molecular complexity index is 717. The summed E-state index contributed by atoms with van der Waals surface area (Å²) in [6, 6.07) is 17.0. The Morgan fingerprint density at radius 3 is 2.46 bits per heavy atom. The van der Waals surface area contributed by atoms with Gasteiger partial charge < -0.3 is 0 Å². The number of nitrogens with zero attached hydrogens (tertiary/aromatic N) is 2. The summed E-state index contributed by atoms with van der Waals surface area (Å²) in [6.07, 6.45) is -0.563. The molecule has 0 saturated carbocycles. The number of carbonyl (C=O) groups excluding carboxylic acids is 1. The quantitative estimate of drug-likeness (QED) is 0.529. The second-order valence-electron chi connectivity index (χ2n) is 6.70. The number of hydrogen-bond acceptors (Lipinski definition) is 3. The van der Waals surface area contributed by atoms with Crippen LogP contribution >= 0.6 is 11.6 Å². The van der Waals surface area contributed by atoms with E-state index in [1.54, 1.807) is 12.1 Å². The molecule has 1 saturated heterocycles. The van der Waals surface area contributed by atoms with Crippen LogP contribution in [0.25, 0.3) is 0 Å². The minimum Gasteiger partial charge on any atom is -0.297 e. The molecule has 1 fully saturated rings. The van der Waals surface area contributed by atoms with Gasteiger partial charge in [0.2, 0.25) is 0 Å². The molecule has 3 rings (SSSR count). The van der Waals surface area contributed by atoms with Gasteiger partial charge in [-0.3, -0.25) is 14.6 Å². The highest BCUT2D eigenvalue weighted by Crippen LogP contribution is 2.17. The normalized spacial score (nSPS) is 17.2. The average Bonchev–Trinajstić information content (AvgIpc) is 2.67. The first-order valence-electron chi connectivity index (χ1n) is 9.05. The van der Waals surface area contributed by atoms with Crippen molar-refractivity contribution in [2.75, 3.05) is 26.2 Å². The molecule has 1 aliphatic rings. The molecule has 26 heavy (non-hydrogen) atoms. The third-order valence-corrected chi connectivity index (χ3v) is 5.04. The minimum absolute atomic E-state index is 0.00726. The van der Waals surface area contributed by atoms with Crippen molar-refractivity contribution in [3.63, 3.8) is 0 Å². The van der Waals surface area contributed by atoms with Gasteiger partial charge in [0.15, 0.2) is 12.1 Å². The number of hydrogen-bond donors (Lipinski definition) is 0. The first kappa shape index (κ1) is 19.0. The van der Waals surface area contributed by atoms with E-state index in [0.717, 1.165) is 24.7 Å². The number of halogens is 2. The molecule has 0 spiro atoms. The van der Waals surface area contributed by atoms with Crippen LogP contribution in [0.3, 0.4) is 0 Å². The van der Waals surface area contributed by atoms with E-state index >= 15 is 0 Å². The molecule has 0 radical (unpaired) electrons. The Kier molecular flexibility index (Phi) is 6.78. The molecule has 1 atom stereocenters. The molecule has 5 heteroatoms. The van der Waals surface area contributed by atoms with Crippen molar-refractivity contribution in [1.29, 1.82) is 0 Å². The molecule has 0 amide bonds. The fraction of sp³-hybridized carbons (Fsp3) is 0.381. The summed E-state index contributed by atoms with van der Waals surface area (Å²) in [5.41, 5.74) is 1.84. The standard InChI is InChI=1S/C21H24ClFN2O/c22-19-8-4-5-17(15-19)16-24-11-13-25(14-12-24)21(23)10-9-20(26)18-6-2-1-3-7-18/h1-8,15,21H,9-14,16H2. The maximum atomic E-state index is 14.5. The molecule has 2 aromatic carbocycles. The van der Waals surface area contributed by atoms with Crippen LogP contribution in [-0.4, -0.2) is 48.1 Å². The highest BCUT2D eigenvalue weighted by atomic mass is 35.5. The minimum atomic E-state index is -1.06. The molecule has 0 aromatic heterocycles. The van der Waals surface area contributed by atoms with Gasteiger partial charge in [0.05, 0.1) is 0 Å². The molecule has 1 unspecified atom stereocenters. The van der Waals surface area contributed by atoms with Crippen LogP contribution in [0.1, 0.15) is 28.8 Å². The van der Waals surface area contributed by atoms with E-state index in [-0.39, 0.29) is 18.6 Å². The monoisotopic (exact) mass is 374 g/mol. The highest BCUT2D eigenvalue weighted by Gasteiger charge is 2.24. The van der Waals surface area contributed by atoms with Crippen molar-refractivity contribution in [3.05, 3.63) is 70.7 Å². The Hall–Kier alpha value is -1.75.